The number of nitrogens with zero attached hydrogens (tertiary/aromatic N) is 5. The monoisotopic (exact) mass is 495 g/mol. The number of benzene rings is 1. The van der Waals surface area contributed by atoms with Gasteiger partial charge in [0.15, 0.2) is 11.6 Å². The molecule has 10 nitrogen and oxygen atoms in total. The van der Waals surface area contributed by atoms with Crippen LogP contribution in [-0.2, 0) is 17.9 Å². The number of carbonyl (C=O) groups excluding carboxylic acids is 2. The maximum absolute atomic E-state index is 13.6. The molecule has 0 saturated heterocycles. The highest BCUT2D eigenvalue weighted by molar-refractivity contribution is 5.93. The zero-order valence-electron chi connectivity index (χ0n) is 20.6. The van der Waals surface area contributed by atoms with Gasteiger partial charge in [0.1, 0.15) is 5.69 Å². The van der Waals surface area contributed by atoms with E-state index in [0.29, 0.717) is 35.1 Å². The third-order valence-corrected chi connectivity index (χ3v) is 6.24. The number of hydrogen-bond donors (Lipinski definition) is 2. The van der Waals surface area contributed by atoms with Crippen molar-refractivity contribution in [3.8, 4) is 17.1 Å². The lowest BCUT2D eigenvalue weighted by Crippen LogP contribution is -2.36. The third-order valence-electron chi connectivity index (χ3n) is 6.24. The average molecular weight is 496 g/mol. The van der Waals surface area contributed by atoms with E-state index in [1.54, 1.807) is 36.8 Å². The number of aryl methyl sites for hydroxylation is 1. The molecule has 1 aromatic carbocycles. The minimum atomic E-state index is -0.462. The highest BCUT2D eigenvalue weighted by Gasteiger charge is 2.23. The lowest BCUT2D eigenvalue weighted by molar-refractivity contribution is -0.119. The maximum atomic E-state index is 13.6. The zero-order chi connectivity index (χ0) is 25.7. The summed E-state index contributed by atoms with van der Waals surface area (Å²) in [6.45, 7) is 4.19. The third kappa shape index (κ3) is 6.41. The fourth-order valence-electron chi connectivity index (χ4n) is 4.44. The topological polar surface area (TPSA) is 124 Å². The van der Waals surface area contributed by atoms with Crippen LogP contribution in [0.1, 0.15) is 54.4 Å². The number of ether oxygens (including phenoxy) is 1. The number of nitrogens with one attached hydrogen (secondary N) is 2. The van der Waals surface area contributed by atoms with Crippen molar-refractivity contribution < 1.29 is 18.7 Å². The van der Waals surface area contributed by atoms with Gasteiger partial charge in [0.25, 0.3) is 5.91 Å². The Morgan fingerprint density at radius 1 is 1.17 bits per heavy atom. The number of methoxy groups -OCH3 is 1. The van der Waals surface area contributed by atoms with Gasteiger partial charge in [-0.15, -0.1) is 10.2 Å². The van der Waals surface area contributed by atoms with Gasteiger partial charge in [-0.2, -0.15) is 4.80 Å². The Labute approximate surface area is 208 Å². The number of tetrazole rings is 1. The molecule has 4 rings (SSSR count). The first-order chi connectivity index (χ1) is 17.3. The van der Waals surface area contributed by atoms with E-state index in [4.69, 9.17) is 4.74 Å². The minimum Gasteiger partial charge on any atom is -0.494 e. The summed E-state index contributed by atoms with van der Waals surface area (Å²) in [5.41, 5.74) is 2.22. The van der Waals surface area contributed by atoms with E-state index in [9.17, 15) is 14.0 Å². The molecule has 2 aromatic heterocycles. The molecular weight excluding hydrogens is 465 g/mol. The van der Waals surface area contributed by atoms with Crippen molar-refractivity contribution >= 4 is 11.8 Å². The summed E-state index contributed by atoms with van der Waals surface area (Å²) < 4.78 is 18.6. The van der Waals surface area contributed by atoms with Crippen LogP contribution in [0.15, 0.2) is 30.3 Å². The predicted octanol–water partition coefficient (Wildman–Crippen LogP) is 2.82. The summed E-state index contributed by atoms with van der Waals surface area (Å²) in [5.74, 6) is 0.139. The zero-order valence-corrected chi connectivity index (χ0v) is 20.6. The van der Waals surface area contributed by atoms with Crippen LogP contribution >= 0.6 is 0 Å². The molecule has 1 fully saturated rings. The van der Waals surface area contributed by atoms with Crippen molar-refractivity contribution in [2.75, 3.05) is 7.11 Å². The first-order valence-corrected chi connectivity index (χ1v) is 12.0. The number of aromatic nitrogens is 5. The van der Waals surface area contributed by atoms with Crippen LogP contribution in [0.3, 0.4) is 0 Å². The summed E-state index contributed by atoms with van der Waals surface area (Å²) >= 11 is 0. The van der Waals surface area contributed by atoms with Crippen molar-refractivity contribution in [3.63, 3.8) is 0 Å². The second-order valence-electron chi connectivity index (χ2n) is 9.12. The van der Waals surface area contributed by atoms with E-state index in [1.165, 1.54) is 13.2 Å². The number of amides is 2. The van der Waals surface area contributed by atoms with Crippen molar-refractivity contribution in [2.45, 2.75) is 58.7 Å². The lowest BCUT2D eigenvalue weighted by atomic mass is 9.86. The summed E-state index contributed by atoms with van der Waals surface area (Å²) in [6.07, 6.45) is 3.86. The smallest absolute Gasteiger partial charge is 0.270 e. The molecule has 36 heavy (non-hydrogen) atoms. The molecule has 190 valence electrons. The van der Waals surface area contributed by atoms with Crippen LogP contribution in [-0.4, -0.2) is 50.2 Å². The van der Waals surface area contributed by atoms with Gasteiger partial charge in [0.2, 0.25) is 11.7 Å². The highest BCUT2D eigenvalue weighted by atomic mass is 19.1. The predicted molar refractivity (Wildman–Crippen MR) is 129 cm³/mol. The molecule has 0 unspecified atom stereocenters. The molecule has 1 aliphatic rings. The summed E-state index contributed by atoms with van der Waals surface area (Å²) in [4.78, 5) is 30.0. The quantitative estimate of drug-likeness (QED) is 0.492. The molecule has 11 heteroatoms. The Morgan fingerprint density at radius 2 is 1.94 bits per heavy atom. The Morgan fingerprint density at radius 3 is 2.67 bits per heavy atom. The van der Waals surface area contributed by atoms with Gasteiger partial charge in [-0.25, -0.2) is 9.37 Å². The van der Waals surface area contributed by atoms with E-state index in [-0.39, 0.29) is 35.8 Å². The van der Waals surface area contributed by atoms with Gasteiger partial charge in [0, 0.05) is 30.8 Å². The number of rotatable bonds is 8. The summed E-state index contributed by atoms with van der Waals surface area (Å²) in [5, 5.41) is 18.7. The average Bonchev–Trinajstić information content (AvgIpc) is 3.32. The van der Waals surface area contributed by atoms with Crippen LogP contribution in [0.5, 0.6) is 5.75 Å². The molecule has 2 heterocycles. The van der Waals surface area contributed by atoms with Crippen molar-refractivity contribution in [2.24, 2.45) is 5.92 Å². The Hall–Kier alpha value is -3.89. The maximum Gasteiger partial charge on any atom is 0.270 e. The standard InChI is InChI=1S/C25H30FN7O3/c1-15-10-19(12-22(28-15)25(35)27-13-18-6-9-21(26)23(11-18)36-3)24-30-32-33(31-24)14-17-4-7-20(8-5-17)29-16(2)34/h6,9-12,17,20H,4-5,7-8,13-14H2,1-3H3,(H,27,35)(H,29,34)/t17-,20+. The minimum absolute atomic E-state index is 0.0115. The van der Waals surface area contributed by atoms with Crippen LogP contribution in [0.4, 0.5) is 4.39 Å². The lowest BCUT2D eigenvalue weighted by Gasteiger charge is -2.28. The number of pyridine rings is 1. The normalized spacial score (nSPS) is 17.4. The van der Waals surface area contributed by atoms with Gasteiger partial charge in [-0.1, -0.05) is 6.07 Å². The Bertz CT molecular complexity index is 1240. The van der Waals surface area contributed by atoms with E-state index in [2.05, 4.69) is 31.0 Å². The van der Waals surface area contributed by atoms with Crippen LogP contribution in [0, 0.1) is 18.7 Å². The highest BCUT2D eigenvalue weighted by Crippen LogP contribution is 2.26. The Kier molecular flexibility index (Phi) is 7.87. The van der Waals surface area contributed by atoms with Gasteiger partial charge < -0.3 is 15.4 Å². The van der Waals surface area contributed by atoms with Crippen molar-refractivity contribution in [3.05, 3.63) is 53.1 Å². The van der Waals surface area contributed by atoms with E-state index >= 15 is 0 Å². The molecule has 2 amide bonds. The summed E-state index contributed by atoms with van der Waals surface area (Å²) in [6, 6.07) is 8.11. The second kappa shape index (κ2) is 11.2. The molecule has 1 saturated carbocycles. The Balaban J connectivity index is 1.38. The molecule has 2 N–H and O–H groups in total. The largest absolute Gasteiger partial charge is 0.494 e. The van der Waals surface area contributed by atoms with E-state index in [0.717, 1.165) is 25.7 Å². The molecule has 0 aliphatic heterocycles. The van der Waals surface area contributed by atoms with Crippen molar-refractivity contribution in [1.29, 1.82) is 0 Å². The SMILES string of the molecule is COc1cc(CNC(=O)c2cc(-c3nnn(C[C@H]4CC[C@@H](NC(C)=O)CC4)n3)cc(C)n2)ccc1F. The fraction of sp³-hybridized carbons (Fsp3) is 0.440. The first-order valence-electron chi connectivity index (χ1n) is 12.0. The van der Waals surface area contributed by atoms with Gasteiger partial charge in [-0.3, -0.25) is 9.59 Å². The van der Waals surface area contributed by atoms with Crippen LogP contribution < -0.4 is 15.4 Å². The van der Waals surface area contributed by atoms with Gasteiger partial charge in [-0.05, 0) is 73.6 Å². The van der Waals surface area contributed by atoms with Gasteiger partial charge in [0.05, 0.1) is 13.7 Å². The van der Waals surface area contributed by atoms with E-state index in [1.807, 2.05) is 6.07 Å². The number of carbonyl (C=O) groups is 2. The van der Waals surface area contributed by atoms with Crippen molar-refractivity contribution in [1.82, 2.24) is 35.8 Å². The molecular formula is C25H30FN7O3. The molecule has 0 radical (unpaired) electrons. The molecule has 0 spiro atoms. The van der Waals surface area contributed by atoms with Crippen LogP contribution in [0.25, 0.3) is 11.4 Å². The molecule has 3 aromatic rings. The first kappa shape index (κ1) is 25.2. The number of hydrogen-bond acceptors (Lipinski definition) is 7. The molecule has 1 aliphatic carbocycles. The van der Waals surface area contributed by atoms with Gasteiger partial charge >= 0.3 is 0 Å². The second-order valence-corrected chi connectivity index (χ2v) is 9.12. The molecule has 0 atom stereocenters. The van der Waals surface area contributed by atoms with E-state index < -0.39 is 5.82 Å². The van der Waals surface area contributed by atoms with Crippen LogP contribution in [0.2, 0.25) is 0 Å². The summed E-state index contributed by atoms with van der Waals surface area (Å²) in [7, 11) is 1.39. The fourth-order valence-corrected chi connectivity index (χ4v) is 4.44. The number of halogens is 1. The molecule has 0 bridgehead atoms.